The summed E-state index contributed by atoms with van der Waals surface area (Å²) in [5, 5.41) is 21.5. The fraction of sp³-hybridized carbons (Fsp3) is 0.444. The van der Waals surface area contributed by atoms with E-state index in [1.165, 1.54) is 24.4 Å². The van der Waals surface area contributed by atoms with Gasteiger partial charge in [-0.25, -0.2) is 0 Å². The van der Waals surface area contributed by atoms with Crippen molar-refractivity contribution in [3.63, 3.8) is 0 Å². The summed E-state index contributed by atoms with van der Waals surface area (Å²) < 4.78 is 42.8. The number of alkyl halides is 3. The van der Waals surface area contributed by atoms with Gasteiger partial charge in [0.1, 0.15) is 6.07 Å². The molecule has 0 atom stereocenters. The Morgan fingerprint density at radius 2 is 1.47 bits per heavy atom. The number of rotatable bonds is 10. The molecule has 0 saturated heterocycles. The second-order valence-corrected chi connectivity index (χ2v) is 15.7. The summed E-state index contributed by atoms with van der Waals surface area (Å²) in [6.45, 7) is 20.4. The minimum Gasteiger partial charge on any atom is -0.512 e. The quantitative estimate of drug-likeness (QED) is 0.0977. The number of benzene rings is 3. The van der Waals surface area contributed by atoms with Crippen molar-refractivity contribution in [2.75, 3.05) is 0 Å². The van der Waals surface area contributed by atoms with E-state index in [9.17, 15) is 28.3 Å². The summed E-state index contributed by atoms with van der Waals surface area (Å²) in [5.41, 5.74) is 2.03. The van der Waals surface area contributed by atoms with Crippen LogP contribution in [0, 0.1) is 34.6 Å². The normalized spacial score (nSPS) is 12.3. The Hall–Kier alpha value is -3.79. The Bertz CT molecular complexity index is 1920. The Morgan fingerprint density at radius 1 is 0.868 bits per heavy atom. The van der Waals surface area contributed by atoms with Crippen molar-refractivity contribution in [2.24, 2.45) is 17.3 Å². The van der Waals surface area contributed by atoms with Crippen LogP contribution in [0.25, 0.3) is 33.2 Å². The molecule has 1 aromatic heterocycles. The van der Waals surface area contributed by atoms with Crippen molar-refractivity contribution in [1.29, 1.82) is 5.26 Å². The van der Waals surface area contributed by atoms with Gasteiger partial charge in [0, 0.05) is 49.9 Å². The SMILES string of the molecule is CC(C)(C)Cc1ccc(-c2cc(-c3[c-]c4ccccc4c(C(C)(C)C)c3)ncc2C#N)c(C(F)(F)F)c1.CCC(CC)C(=O)/C=C(\O)C(CC)CC.[Ir]. The third-order valence-electron chi connectivity index (χ3n) is 9.38. The number of ketones is 1. The molecular formula is C45H54F3IrN2O2-. The van der Waals surface area contributed by atoms with Crippen LogP contribution in [-0.2, 0) is 42.9 Å². The Balaban J connectivity index is 0.000000516. The maximum atomic E-state index is 14.3. The minimum atomic E-state index is -4.58. The van der Waals surface area contributed by atoms with E-state index >= 15 is 0 Å². The molecule has 0 bridgehead atoms. The maximum absolute atomic E-state index is 14.3. The van der Waals surface area contributed by atoms with Gasteiger partial charge >= 0.3 is 6.18 Å². The molecule has 4 aromatic rings. The zero-order chi connectivity index (χ0) is 39.0. The van der Waals surface area contributed by atoms with Crippen molar-refractivity contribution in [3.05, 3.63) is 101 Å². The van der Waals surface area contributed by atoms with E-state index in [1.54, 1.807) is 12.1 Å². The van der Waals surface area contributed by atoms with Crippen LogP contribution in [0.4, 0.5) is 13.2 Å². The average molecular weight is 904 g/mol. The molecule has 1 heterocycles. The van der Waals surface area contributed by atoms with E-state index < -0.39 is 11.7 Å². The summed E-state index contributed by atoms with van der Waals surface area (Å²) in [6, 6.07) is 21.3. The monoisotopic (exact) mass is 904 g/mol. The Kier molecular flexibility index (Phi) is 16.3. The summed E-state index contributed by atoms with van der Waals surface area (Å²) in [7, 11) is 0. The molecule has 3 aromatic carbocycles. The van der Waals surface area contributed by atoms with E-state index in [-0.39, 0.29) is 71.0 Å². The topological polar surface area (TPSA) is 74.0 Å². The van der Waals surface area contributed by atoms with Gasteiger partial charge in [-0.2, -0.15) is 18.4 Å². The minimum absolute atomic E-state index is 0. The largest absolute Gasteiger partial charge is 0.512 e. The smallest absolute Gasteiger partial charge is 0.417 e. The first-order chi connectivity index (χ1) is 24.3. The van der Waals surface area contributed by atoms with Gasteiger partial charge in [0.25, 0.3) is 0 Å². The van der Waals surface area contributed by atoms with Gasteiger partial charge in [-0.05, 0) is 65.7 Å². The van der Waals surface area contributed by atoms with Gasteiger partial charge in [-0.1, -0.05) is 117 Å². The predicted molar refractivity (Wildman–Crippen MR) is 207 cm³/mol. The molecule has 53 heavy (non-hydrogen) atoms. The number of halogens is 3. The Morgan fingerprint density at radius 3 is 2.00 bits per heavy atom. The number of hydrogen-bond acceptors (Lipinski definition) is 4. The van der Waals surface area contributed by atoms with E-state index in [0.29, 0.717) is 23.2 Å². The predicted octanol–water partition coefficient (Wildman–Crippen LogP) is 13.0. The number of fused-ring (bicyclic) bond motifs is 1. The number of hydrogen-bond donors (Lipinski definition) is 1. The molecule has 287 valence electrons. The van der Waals surface area contributed by atoms with Crippen molar-refractivity contribution >= 4 is 16.6 Å². The van der Waals surface area contributed by atoms with Crippen molar-refractivity contribution in [1.82, 2.24) is 4.98 Å². The average Bonchev–Trinajstić information content (AvgIpc) is 3.07. The first-order valence-corrected chi connectivity index (χ1v) is 18.3. The summed E-state index contributed by atoms with van der Waals surface area (Å²) in [5.74, 6) is 0.547. The third-order valence-corrected chi connectivity index (χ3v) is 9.38. The fourth-order valence-corrected chi connectivity index (χ4v) is 6.47. The number of pyridine rings is 1. The zero-order valence-corrected chi connectivity index (χ0v) is 35.2. The van der Waals surface area contributed by atoms with E-state index in [4.69, 9.17) is 0 Å². The van der Waals surface area contributed by atoms with Gasteiger partial charge in [0.15, 0.2) is 5.78 Å². The van der Waals surface area contributed by atoms with Gasteiger partial charge in [-0.3, -0.25) is 9.78 Å². The van der Waals surface area contributed by atoms with Gasteiger partial charge in [0.2, 0.25) is 0 Å². The molecule has 0 aliphatic rings. The molecule has 0 unspecified atom stereocenters. The van der Waals surface area contributed by atoms with Gasteiger partial charge in [-0.15, -0.1) is 29.1 Å². The Labute approximate surface area is 328 Å². The maximum Gasteiger partial charge on any atom is 0.417 e. The number of nitrogens with zero attached hydrogens (tertiary/aromatic N) is 2. The molecular weight excluding hydrogens is 850 g/mol. The molecule has 4 rings (SSSR count). The zero-order valence-electron chi connectivity index (χ0n) is 32.8. The number of carbonyl (C=O) groups excluding carboxylic acids is 1. The molecule has 0 saturated carbocycles. The van der Waals surface area contributed by atoms with Crippen LogP contribution in [-0.4, -0.2) is 15.9 Å². The van der Waals surface area contributed by atoms with Crippen LogP contribution >= 0.6 is 0 Å². The van der Waals surface area contributed by atoms with Gasteiger partial charge in [0.05, 0.1) is 16.9 Å². The molecule has 0 fully saturated rings. The summed E-state index contributed by atoms with van der Waals surface area (Å²) >= 11 is 0. The number of aliphatic hydroxyl groups excluding tert-OH is 1. The second kappa shape index (κ2) is 19.0. The van der Waals surface area contributed by atoms with Crippen molar-refractivity contribution in [2.45, 2.75) is 113 Å². The van der Waals surface area contributed by atoms with E-state index in [0.717, 1.165) is 42.0 Å². The molecule has 0 aliphatic heterocycles. The molecule has 1 radical (unpaired) electrons. The summed E-state index contributed by atoms with van der Waals surface area (Å²) in [6.07, 6.45) is 2.19. The van der Waals surface area contributed by atoms with Crippen molar-refractivity contribution in [3.8, 4) is 28.5 Å². The number of aromatic nitrogens is 1. The van der Waals surface area contributed by atoms with E-state index in [2.05, 4.69) is 31.8 Å². The number of aliphatic hydroxyl groups is 1. The number of carbonyl (C=O) groups is 1. The fourth-order valence-electron chi connectivity index (χ4n) is 6.47. The second-order valence-electron chi connectivity index (χ2n) is 15.7. The molecule has 0 amide bonds. The third kappa shape index (κ3) is 12.1. The van der Waals surface area contributed by atoms with E-state index in [1.807, 2.05) is 84.9 Å². The number of allylic oxidation sites excluding steroid dienone is 2. The number of nitriles is 1. The first-order valence-electron chi connectivity index (χ1n) is 18.3. The molecule has 1 N–H and O–H groups in total. The van der Waals surface area contributed by atoms with Crippen molar-refractivity contribution < 1.29 is 43.2 Å². The van der Waals surface area contributed by atoms with Crippen LogP contribution in [0.15, 0.2) is 72.6 Å². The first kappa shape index (κ1) is 45.4. The standard InChI is InChI=1S/C32H30F3N2.C13H24O2.Ir/c1-30(2,3)17-20-11-12-25(28(13-20)32(33,34)35)26-16-29(37-19-23(26)18-36)22-14-21-9-7-8-10-24(21)27(15-22)31(4,5)6;1-5-10(6-2)12(14)9-13(15)11(7-3)8-4;/h7-13,15-16,19H,17H2,1-6H3;9-11,14H,5-8H2,1-4H3;/q-1;;/b;12-9-;. The van der Waals surface area contributed by atoms with Gasteiger partial charge < -0.3 is 5.11 Å². The molecule has 0 spiro atoms. The van der Waals surface area contributed by atoms with Crippen LogP contribution in [0.5, 0.6) is 0 Å². The summed E-state index contributed by atoms with van der Waals surface area (Å²) in [4.78, 5) is 16.2. The van der Waals surface area contributed by atoms with Crippen LogP contribution < -0.4 is 0 Å². The molecule has 4 nitrogen and oxygen atoms in total. The van der Waals surface area contributed by atoms with Crippen LogP contribution in [0.1, 0.15) is 117 Å². The molecule has 8 heteroatoms. The van der Waals surface area contributed by atoms with Crippen LogP contribution in [0.3, 0.4) is 0 Å². The van der Waals surface area contributed by atoms with Crippen LogP contribution in [0.2, 0.25) is 0 Å². The molecule has 0 aliphatic carbocycles.